The van der Waals surface area contributed by atoms with Crippen molar-refractivity contribution in [3.8, 4) is 5.75 Å². The van der Waals surface area contributed by atoms with Gasteiger partial charge in [-0.3, -0.25) is 0 Å². The molecule has 1 heterocycles. The molecular formula is C17H22ClNO2. The van der Waals surface area contributed by atoms with Gasteiger partial charge in [-0.15, -0.1) is 0 Å². The number of ether oxygens (including phenoxy) is 1. The molecule has 21 heavy (non-hydrogen) atoms. The van der Waals surface area contributed by atoms with Crippen molar-refractivity contribution in [1.29, 1.82) is 0 Å². The van der Waals surface area contributed by atoms with E-state index in [-0.39, 0.29) is 0 Å². The highest BCUT2D eigenvalue weighted by Crippen LogP contribution is 2.24. The van der Waals surface area contributed by atoms with Crippen LogP contribution in [0.4, 0.5) is 0 Å². The zero-order valence-electron chi connectivity index (χ0n) is 12.8. The molecule has 0 saturated carbocycles. The Morgan fingerprint density at radius 3 is 2.76 bits per heavy atom. The molecule has 0 fully saturated rings. The molecule has 114 valence electrons. The lowest BCUT2D eigenvalue weighted by atomic mass is 10.1. The SMILES string of the molecule is CCNCc1oc(COc2ccc(Cl)c(CC)c2)cc1C. The molecule has 0 amide bonds. The van der Waals surface area contributed by atoms with Gasteiger partial charge in [0.05, 0.1) is 6.54 Å². The van der Waals surface area contributed by atoms with Gasteiger partial charge in [0.2, 0.25) is 0 Å². The molecular weight excluding hydrogens is 286 g/mol. The standard InChI is InChI=1S/C17H22ClNO2/c1-4-13-9-14(6-7-16(13)18)20-11-15-8-12(3)17(21-15)10-19-5-2/h6-9,19H,4-5,10-11H2,1-3H3. The molecule has 1 aromatic carbocycles. The van der Waals surface area contributed by atoms with Gasteiger partial charge in [0.25, 0.3) is 0 Å². The average molecular weight is 308 g/mol. The molecule has 0 aliphatic carbocycles. The summed E-state index contributed by atoms with van der Waals surface area (Å²) in [7, 11) is 0. The minimum Gasteiger partial charge on any atom is -0.486 e. The van der Waals surface area contributed by atoms with E-state index in [0.29, 0.717) is 6.61 Å². The van der Waals surface area contributed by atoms with Gasteiger partial charge in [0.1, 0.15) is 23.9 Å². The van der Waals surface area contributed by atoms with E-state index in [9.17, 15) is 0 Å². The summed E-state index contributed by atoms with van der Waals surface area (Å²) < 4.78 is 11.6. The summed E-state index contributed by atoms with van der Waals surface area (Å²) in [6.07, 6.45) is 0.892. The van der Waals surface area contributed by atoms with E-state index in [4.69, 9.17) is 20.8 Å². The van der Waals surface area contributed by atoms with Crippen molar-refractivity contribution in [3.05, 3.63) is 51.9 Å². The first kappa shape index (κ1) is 15.9. The molecule has 1 aromatic heterocycles. The van der Waals surface area contributed by atoms with E-state index in [1.165, 1.54) is 0 Å². The second-order valence-corrected chi connectivity index (χ2v) is 5.40. The Labute approximate surface area is 131 Å². The van der Waals surface area contributed by atoms with Gasteiger partial charge in [0.15, 0.2) is 0 Å². The highest BCUT2D eigenvalue weighted by molar-refractivity contribution is 6.31. The van der Waals surface area contributed by atoms with Crippen LogP contribution < -0.4 is 10.1 Å². The van der Waals surface area contributed by atoms with E-state index in [1.807, 2.05) is 24.3 Å². The van der Waals surface area contributed by atoms with Crippen molar-refractivity contribution in [2.75, 3.05) is 6.54 Å². The maximum Gasteiger partial charge on any atom is 0.146 e. The maximum atomic E-state index is 6.11. The van der Waals surface area contributed by atoms with Crippen LogP contribution in [0.15, 0.2) is 28.7 Å². The summed E-state index contributed by atoms with van der Waals surface area (Å²) in [6, 6.07) is 7.78. The number of rotatable bonds is 7. The number of aryl methyl sites for hydroxylation is 2. The van der Waals surface area contributed by atoms with Gasteiger partial charge in [-0.05, 0) is 55.3 Å². The Morgan fingerprint density at radius 1 is 1.24 bits per heavy atom. The van der Waals surface area contributed by atoms with Crippen LogP contribution in [0.25, 0.3) is 0 Å². The third-order valence-electron chi connectivity index (χ3n) is 3.39. The Morgan fingerprint density at radius 2 is 2.05 bits per heavy atom. The van der Waals surface area contributed by atoms with Crippen molar-refractivity contribution in [3.63, 3.8) is 0 Å². The highest BCUT2D eigenvalue weighted by Gasteiger charge is 2.08. The first-order valence-corrected chi connectivity index (χ1v) is 7.72. The van der Waals surface area contributed by atoms with Crippen LogP contribution >= 0.6 is 11.6 Å². The molecule has 0 unspecified atom stereocenters. The number of halogens is 1. The fourth-order valence-corrected chi connectivity index (χ4v) is 2.39. The van der Waals surface area contributed by atoms with Crippen LogP contribution in [0.1, 0.15) is 36.5 Å². The topological polar surface area (TPSA) is 34.4 Å². The van der Waals surface area contributed by atoms with Gasteiger partial charge in [-0.2, -0.15) is 0 Å². The number of hydrogen-bond donors (Lipinski definition) is 1. The molecule has 0 radical (unpaired) electrons. The summed E-state index contributed by atoms with van der Waals surface area (Å²) in [5.41, 5.74) is 2.25. The van der Waals surface area contributed by atoms with Crippen LogP contribution in [0.3, 0.4) is 0 Å². The summed E-state index contributed by atoms with van der Waals surface area (Å²) >= 11 is 6.11. The van der Waals surface area contributed by atoms with Crippen LogP contribution in [0.5, 0.6) is 5.75 Å². The number of furan rings is 1. The van der Waals surface area contributed by atoms with Crippen LogP contribution in [-0.2, 0) is 19.6 Å². The molecule has 3 nitrogen and oxygen atoms in total. The van der Waals surface area contributed by atoms with E-state index in [2.05, 4.69) is 26.1 Å². The molecule has 0 spiro atoms. The zero-order valence-corrected chi connectivity index (χ0v) is 13.6. The van der Waals surface area contributed by atoms with Crippen molar-refractivity contribution in [1.82, 2.24) is 5.32 Å². The first-order chi connectivity index (χ1) is 10.1. The molecule has 0 bridgehead atoms. The monoisotopic (exact) mass is 307 g/mol. The van der Waals surface area contributed by atoms with Crippen LogP contribution in [0, 0.1) is 6.92 Å². The fourth-order valence-electron chi connectivity index (χ4n) is 2.14. The van der Waals surface area contributed by atoms with E-state index < -0.39 is 0 Å². The third-order valence-corrected chi connectivity index (χ3v) is 3.76. The highest BCUT2D eigenvalue weighted by atomic mass is 35.5. The Hall–Kier alpha value is -1.45. The van der Waals surface area contributed by atoms with Crippen LogP contribution in [-0.4, -0.2) is 6.54 Å². The van der Waals surface area contributed by atoms with Gasteiger partial charge in [0, 0.05) is 5.02 Å². The Bertz CT molecular complexity index is 592. The van der Waals surface area contributed by atoms with Crippen molar-refractivity contribution in [2.45, 2.75) is 40.3 Å². The minimum absolute atomic E-state index is 0.428. The fraction of sp³-hybridized carbons (Fsp3) is 0.412. The molecule has 2 aromatic rings. The average Bonchev–Trinajstić information content (AvgIpc) is 2.84. The lowest BCUT2D eigenvalue weighted by Gasteiger charge is -2.07. The molecule has 0 atom stereocenters. The molecule has 4 heteroatoms. The lowest BCUT2D eigenvalue weighted by molar-refractivity contribution is 0.265. The second-order valence-electron chi connectivity index (χ2n) is 4.99. The summed E-state index contributed by atoms with van der Waals surface area (Å²) in [4.78, 5) is 0. The zero-order chi connectivity index (χ0) is 15.2. The van der Waals surface area contributed by atoms with Crippen molar-refractivity contribution < 1.29 is 9.15 Å². The third kappa shape index (κ3) is 4.26. The number of hydrogen-bond acceptors (Lipinski definition) is 3. The lowest BCUT2D eigenvalue weighted by Crippen LogP contribution is -2.11. The Kier molecular flexibility index (Phi) is 5.71. The van der Waals surface area contributed by atoms with Gasteiger partial charge in [-0.25, -0.2) is 0 Å². The molecule has 1 N–H and O–H groups in total. The summed E-state index contributed by atoms with van der Waals surface area (Å²) in [5, 5.41) is 4.05. The van der Waals surface area contributed by atoms with Gasteiger partial charge < -0.3 is 14.5 Å². The predicted molar refractivity (Wildman–Crippen MR) is 86.0 cm³/mol. The first-order valence-electron chi connectivity index (χ1n) is 7.34. The number of benzene rings is 1. The maximum absolute atomic E-state index is 6.11. The van der Waals surface area contributed by atoms with Crippen molar-refractivity contribution in [2.24, 2.45) is 0 Å². The molecule has 0 aliphatic heterocycles. The smallest absolute Gasteiger partial charge is 0.146 e. The normalized spacial score (nSPS) is 10.9. The largest absolute Gasteiger partial charge is 0.486 e. The van der Waals surface area contributed by atoms with Gasteiger partial charge >= 0.3 is 0 Å². The molecule has 0 aliphatic rings. The van der Waals surface area contributed by atoms with E-state index in [1.54, 1.807) is 0 Å². The molecule has 0 saturated heterocycles. The predicted octanol–water partition coefficient (Wildman–Crippen LogP) is 4.49. The quantitative estimate of drug-likeness (QED) is 0.818. The Balaban J connectivity index is 1.99. The summed E-state index contributed by atoms with van der Waals surface area (Å²) in [6.45, 7) is 8.32. The molecule has 2 rings (SSSR count). The second kappa shape index (κ2) is 7.53. The van der Waals surface area contributed by atoms with E-state index >= 15 is 0 Å². The number of nitrogens with one attached hydrogen (secondary N) is 1. The van der Waals surface area contributed by atoms with Gasteiger partial charge in [-0.1, -0.05) is 25.4 Å². The van der Waals surface area contributed by atoms with E-state index in [0.717, 1.165) is 52.9 Å². The van der Waals surface area contributed by atoms with Crippen LogP contribution in [0.2, 0.25) is 5.02 Å². The van der Waals surface area contributed by atoms with Crippen molar-refractivity contribution >= 4 is 11.6 Å². The summed E-state index contributed by atoms with van der Waals surface area (Å²) in [5.74, 6) is 2.63. The minimum atomic E-state index is 0.428.